The summed E-state index contributed by atoms with van der Waals surface area (Å²) in [5, 5.41) is 7.74. The second-order valence-corrected chi connectivity index (χ2v) is 8.38. The van der Waals surface area contributed by atoms with Gasteiger partial charge in [-0.25, -0.2) is 9.67 Å². The minimum absolute atomic E-state index is 0.133. The van der Waals surface area contributed by atoms with E-state index in [9.17, 15) is 4.79 Å². The number of benzene rings is 3. The quantitative estimate of drug-likeness (QED) is 0.488. The Balaban J connectivity index is 1.28. The standard InChI is InChI=1S/C27H27N5O/c33-27(28-23-16-18-31(19-17-23)20-21-10-4-1-5-11-21)25-29-26(22-12-6-2-7-13-22)32(30-25)24-14-8-3-9-15-24/h1-15,23H,16-20H2,(H,28,33). The first-order chi connectivity index (χ1) is 16.3. The van der Waals surface area contributed by atoms with Gasteiger partial charge in [0.05, 0.1) is 5.69 Å². The van der Waals surface area contributed by atoms with E-state index in [-0.39, 0.29) is 17.8 Å². The van der Waals surface area contributed by atoms with Gasteiger partial charge in [0.25, 0.3) is 5.91 Å². The molecule has 6 nitrogen and oxygen atoms in total. The number of para-hydroxylation sites is 1. The summed E-state index contributed by atoms with van der Waals surface area (Å²) in [6.45, 7) is 2.87. The zero-order valence-electron chi connectivity index (χ0n) is 18.5. The van der Waals surface area contributed by atoms with Gasteiger partial charge < -0.3 is 5.32 Å². The van der Waals surface area contributed by atoms with Crippen molar-refractivity contribution in [1.29, 1.82) is 0 Å². The molecule has 0 spiro atoms. The molecule has 5 rings (SSSR count). The Morgan fingerprint density at radius 3 is 2.12 bits per heavy atom. The molecule has 1 aliphatic rings. The lowest BCUT2D eigenvalue weighted by Crippen LogP contribution is -2.44. The minimum atomic E-state index is -0.219. The van der Waals surface area contributed by atoms with Gasteiger partial charge in [0.1, 0.15) is 0 Å². The van der Waals surface area contributed by atoms with Crippen LogP contribution in [0.4, 0.5) is 0 Å². The number of rotatable bonds is 6. The Morgan fingerprint density at radius 1 is 0.848 bits per heavy atom. The molecule has 3 aromatic carbocycles. The van der Waals surface area contributed by atoms with Gasteiger partial charge in [0.2, 0.25) is 5.82 Å². The number of amides is 1. The van der Waals surface area contributed by atoms with Gasteiger partial charge in [-0.05, 0) is 30.5 Å². The highest BCUT2D eigenvalue weighted by atomic mass is 16.2. The third-order valence-electron chi connectivity index (χ3n) is 6.01. The summed E-state index contributed by atoms with van der Waals surface area (Å²) in [4.78, 5) is 20.1. The van der Waals surface area contributed by atoms with Gasteiger partial charge in [-0.1, -0.05) is 78.9 Å². The van der Waals surface area contributed by atoms with E-state index in [1.165, 1.54) is 5.56 Å². The molecule has 0 radical (unpaired) electrons. The molecule has 6 heteroatoms. The number of carbonyl (C=O) groups excluding carboxylic acids is 1. The fourth-order valence-corrected chi connectivity index (χ4v) is 4.26. The maximum atomic E-state index is 13.1. The van der Waals surface area contributed by atoms with Crippen LogP contribution >= 0.6 is 0 Å². The normalized spacial score (nSPS) is 14.8. The highest BCUT2D eigenvalue weighted by Gasteiger charge is 2.24. The molecule has 0 aliphatic carbocycles. The summed E-state index contributed by atoms with van der Waals surface area (Å²) in [6, 6.07) is 30.3. The van der Waals surface area contributed by atoms with E-state index in [1.54, 1.807) is 4.68 Å². The molecule has 2 heterocycles. The first-order valence-electron chi connectivity index (χ1n) is 11.4. The fraction of sp³-hybridized carbons (Fsp3) is 0.222. The Kier molecular flexibility index (Phi) is 6.26. The summed E-state index contributed by atoms with van der Waals surface area (Å²) in [5.41, 5.74) is 3.11. The van der Waals surface area contributed by atoms with E-state index >= 15 is 0 Å². The number of hydrogen-bond acceptors (Lipinski definition) is 4. The van der Waals surface area contributed by atoms with Crippen molar-refractivity contribution in [1.82, 2.24) is 25.0 Å². The number of piperidine rings is 1. The van der Waals surface area contributed by atoms with Gasteiger partial charge in [0.15, 0.2) is 5.82 Å². The SMILES string of the molecule is O=C(NC1CCN(Cc2ccccc2)CC1)c1nc(-c2ccccc2)n(-c2ccccc2)n1. The molecular formula is C27H27N5O. The van der Waals surface area contributed by atoms with Gasteiger partial charge in [-0.2, -0.15) is 0 Å². The lowest BCUT2D eigenvalue weighted by Gasteiger charge is -2.32. The second kappa shape index (κ2) is 9.79. The molecular weight excluding hydrogens is 410 g/mol. The van der Waals surface area contributed by atoms with E-state index < -0.39 is 0 Å². The summed E-state index contributed by atoms with van der Waals surface area (Å²) >= 11 is 0. The van der Waals surface area contributed by atoms with E-state index in [0.717, 1.165) is 43.7 Å². The Morgan fingerprint density at radius 2 is 1.45 bits per heavy atom. The molecule has 0 saturated carbocycles. The molecule has 1 aromatic heterocycles. The van der Waals surface area contributed by atoms with Crippen molar-refractivity contribution >= 4 is 5.91 Å². The molecule has 1 saturated heterocycles. The van der Waals surface area contributed by atoms with Crippen molar-refractivity contribution in [3.8, 4) is 17.1 Å². The van der Waals surface area contributed by atoms with Crippen LogP contribution in [0, 0.1) is 0 Å². The molecule has 1 N–H and O–H groups in total. The predicted octanol–water partition coefficient (Wildman–Crippen LogP) is 4.33. The Bertz CT molecular complexity index is 1130. The predicted molar refractivity (Wildman–Crippen MR) is 129 cm³/mol. The summed E-state index contributed by atoms with van der Waals surface area (Å²) in [7, 11) is 0. The largest absolute Gasteiger partial charge is 0.346 e. The van der Waals surface area contributed by atoms with Crippen LogP contribution < -0.4 is 5.32 Å². The molecule has 166 valence electrons. The lowest BCUT2D eigenvalue weighted by atomic mass is 10.0. The average Bonchev–Trinajstić information content (AvgIpc) is 3.33. The number of nitrogens with one attached hydrogen (secondary N) is 1. The third-order valence-corrected chi connectivity index (χ3v) is 6.01. The number of aromatic nitrogens is 3. The number of hydrogen-bond donors (Lipinski definition) is 1. The maximum Gasteiger partial charge on any atom is 0.291 e. The smallest absolute Gasteiger partial charge is 0.291 e. The zero-order valence-corrected chi connectivity index (χ0v) is 18.5. The minimum Gasteiger partial charge on any atom is -0.346 e. The van der Waals surface area contributed by atoms with Crippen LogP contribution in [-0.2, 0) is 6.54 Å². The highest BCUT2D eigenvalue weighted by Crippen LogP contribution is 2.21. The van der Waals surface area contributed by atoms with E-state index in [4.69, 9.17) is 0 Å². The number of nitrogens with zero attached hydrogens (tertiary/aromatic N) is 4. The van der Waals surface area contributed by atoms with Crippen LogP contribution in [0.15, 0.2) is 91.0 Å². The van der Waals surface area contributed by atoms with Crippen molar-refractivity contribution in [2.24, 2.45) is 0 Å². The van der Waals surface area contributed by atoms with Gasteiger partial charge in [-0.3, -0.25) is 9.69 Å². The van der Waals surface area contributed by atoms with E-state index in [2.05, 4.69) is 44.6 Å². The fourth-order valence-electron chi connectivity index (χ4n) is 4.26. The zero-order chi connectivity index (χ0) is 22.5. The monoisotopic (exact) mass is 437 g/mol. The van der Waals surface area contributed by atoms with Gasteiger partial charge in [0, 0.05) is 31.2 Å². The number of likely N-dealkylation sites (tertiary alicyclic amines) is 1. The molecule has 0 bridgehead atoms. The Labute approximate surface area is 193 Å². The maximum absolute atomic E-state index is 13.1. The van der Waals surface area contributed by atoms with E-state index in [0.29, 0.717) is 5.82 Å². The molecule has 33 heavy (non-hydrogen) atoms. The summed E-state index contributed by atoms with van der Waals surface area (Å²) in [6.07, 6.45) is 1.84. The molecule has 1 amide bonds. The van der Waals surface area contributed by atoms with Crippen molar-refractivity contribution in [3.63, 3.8) is 0 Å². The van der Waals surface area contributed by atoms with Crippen LogP contribution in [0.25, 0.3) is 17.1 Å². The number of carbonyl (C=O) groups is 1. The van der Waals surface area contributed by atoms with Crippen LogP contribution in [-0.4, -0.2) is 44.7 Å². The third kappa shape index (κ3) is 5.02. The Hall–Kier alpha value is -3.77. The van der Waals surface area contributed by atoms with Crippen molar-refractivity contribution in [2.45, 2.75) is 25.4 Å². The van der Waals surface area contributed by atoms with Gasteiger partial charge >= 0.3 is 0 Å². The first kappa shape index (κ1) is 21.1. The highest BCUT2D eigenvalue weighted by molar-refractivity contribution is 5.91. The first-order valence-corrected chi connectivity index (χ1v) is 11.4. The molecule has 1 fully saturated rings. The van der Waals surface area contributed by atoms with E-state index in [1.807, 2.05) is 66.7 Å². The second-order valence-electron chi connectivity index (χ2n) is 8.38. The molecule has 0 atom stereocenters. The summed E-state index contributed by atoms with van der Waals surface area (Å²) in [5.74, 6) is 0.637. The summed E-state index contributed by atoms with van der Waals surface area (Å²) < 4.78 is 1.74. The molecule has 0 unspecified atom stereocenters. The van der Waals surface area contributed by atoms with Crippen LogP contribution in [0.5, 0.6) is 0 Å². The topological polar surface area (TPSA) is 63.1 Å². The molecule has 4 aromatic rings. The van der Waals surface area contributed by atoms with Crippen molar-refractivity contribution < 1.29 is 4.79 Å². The van der Waals surface area contributed by atoms with Crippen LogP contribution in [0.1, 0.15) is 29.0 Å². The molecule has 1 aliphatic heterocycles. The average molecular weight is 438 g/mol. The van der Waals surface area contributed by atoms with Gasteiger partial charge in [-0.15, -0.1) is 5.10 Å². The van der Waals surface area contributed by atoms with Crippen molar-refractivity contribution in [2.75, 3.05) is 13.1 Å². The van der Waals surface area contributed by atoms with Crippen molar-refractivity contribution in [3.05, 3.63) is 102 Å². The lowest BCUT2D eigenvalue weighted by molar-refractivity contribution is 0.0898. The van der Waals surface area contributed by atoms with Crippen LogP contribution in [0.2, 0.25) is 0 Å². The van der Waals surface area contributed by atoms with Crippen LogP contribution in [0.3, 0.4) is 0 Å².